The van der Waals surface area contributed by atoms with Crippen LogP contribution in [-0.4, -0.2) is 21.5 Å². The normalized spacial score (nSPS) is 13.6. The number of H-pyrrole nitrogens is 1. The summed E-state index contributed by atoms with van der Waals surface area (Å²) in [6, 6.07) is 12.8. The van der Waals surface area contributed by atoms with Crippen molar-refractivity contribution in [3.05, 3.63) is 58.6 Å². The number of halogens is 1. The first-order valence-corrected chi connectivity index (χ1v) is 6.80. The lowest BCUT2D eigenvalue weighted by Crippen LogP contribution is -2.10. The molecule has 1 aromatic heterocycles. The second kappa shape index (κ2) is 4.20. The number of aromatic hydroxyl groups is 1. The number of hydrogen-bond donors (Lipinski definition) is 3. The standard InChI is InChI=1S/C16H10ClN3O/c17-8-5-6-9-12(7-8)20-16(21)13(9)15-14(18)10-3-1-2-4-11(10)19-15/h1-7,18,20-21H. The molecule has 3 aromatic rings. The third-order valence-electron chi connectivity index (χ3n) is 3.62. The van der Waals surface area contributed by atoms with E-state index in [-0.39, 0.29) is 5.88 Å². The van der Waals surface area contributed by atoms with Crippen LogP contribution >= 0.6 is 11.6 Å². The second-order valence-electron chi connectivity index (χ2n) is 4.89. The van der Waals surface area contributed by atoms with Crippen LogP contribution in [0.25, 0.3) is 10.9 Å². The van der Waals surface area contributed by atoms with E-state index in [4.69, 9.17) is 17.0 Å². The highest BCUT2D eigenvalue weighted by atomic mass is 35.5. The first-order valence-electron chi connectivity index (χ1n) is 6.43. The van der Waals surface area contributed by atoms with Gasteiger partial charge in [-0.05, 0) is 18.2 Å². The van der Waals surface area contributed by atoms with Crippen molar-refractivity contribution in [2.45, 2.75) is 0 Å². The monoisotopic (exact) mass is 295 g/mol. The highest BCUT2D eigenvalue weighted by Crippen LogP contribution is 2.35. The SMILES string of the molecule is N=C1C(c2c(O)[nH]c3cc(Cl)ccc23)=Nc2ccccc21. The number of nitrogens with one attached hydrogen (secondary N) is 2. The van der Waals surface area contributed by atoms with Gasteiger partial charge in [-0.2, -0.15) is 0 Å². The predicted molar refractivity (Wildman–Crippen MR) is 84.4 cm³/mol. The molecule has 0 fully saturated rings. The van der Waals surface area contributed by atoms with Gasteiger partial charge in [0, 0.05) is 16.0 Å². The van der Waals surface area contributed by atoms with Crippen LogP contribution in [0.3, 0.4) is 0 Å². The summed E-state index contributed by atoms with van der Waals surface area (Å²) in [4.78, 5) is 7.37. The number of rotatable bonds is 1. The third kappa shape index (κ3) is 1.69. The lowest BCUT2D eigenvalue weighted by molar-refractivity contribution is 0.457. The summed E-state index contributed by atoms with van der Waals surface area (Å²) in [5.41, 5.74) is 3.58. The molecule has 102 valence electrons. The molecule has 0 saturated carbocycles. The molecule has 0 radical (unpaired) electrons. The van der Waals surface area contributed by atoms with Gasteiger partial charge in [-0.15, -0.1) is 0 Å². The van der Waals surface area contributed by atoms with E-state index in [0.717, 1.165) is 22.2 Å². The number of hydrogen-bond acceptors (Lipinski definition) is 3. The smallest absolute Gasteiger partial charge is 0.199 e. The Labute approximate surface area is 125 Å². The van der Waals surface area contributed by atoms with Gasteiger partial charge in [0.15, 0.2) is 5.88 Å². The minimum absolute atomic E-state index is 0.00331. The van der Waals surface area contributed by atoms with Gasteiger partial charge in [0.25, 0.3) is 0 Å². The summed E-state index contributed by atoms with van der Waals surface area (Å²) in [6.07, 6.45) is 0. The van der Waals surface area contributed by atoms with Gasteiger partial charge in [0.2, 0.25) is 0 Å². The number of aliphatic imine (C=N–C) groups is 1. The van der Waals surface area contributed by atoms with Crippen LogP contribution in [-0.2, 0) is 0 Å². The number of aromatic nitrogens is 1. The summed E-state index contributed by atoms with van der Waals surface area (Å²) >= 11 is 5.97. The molecule has 3 N–H and O–H groups in total. The van der Waals surface area contributed by atoms with Crippen LogP contribution in [0.2, 0.25) is 5.02 Å². The molecule has 1 aliphatic rings. The molecule has 0 bridgehead atoms. The van der Waals surface area contributed by atoms with Crippen molar-refractivity contribution < 1.29 is 5.11 Å². The second-order valence-corrected chi connectivity index (χ2v) is 5.33. The molecule has 5 heteroatoms. The Bertz CT molecular complexity index is 940. The molecule has 21 heavy (non-hydrogen) atoms. The van der Waals surface area contributed by atoms with E-state index >= 15 is 0 Å². The molecular formula is C16H10ClN3O. The van der Waals surface area contributed by atoms with Gasteiger partial charge >= 0.3 is 0 Å². The van der Waals surface area contributed by atoms with Crippen molar-refractivity contribution in [3.8, 4) is 5.88 Å². The Balaban J connectivity index is 1.97. The Morgan fingerprint density at radius 3 is 2.76 bits per heavy atom. The summed E-state index contributed by atoms with van der Waals surface area (Å²) in [7, 11) is 0. The third-order valence-corrected chi connectivity index (χ3v) is 3.86. The van der Waals surface area contributed by atoms with Crippen molar-refractivity contribution >= 4 is 39.6 Å². The number of benzene rings is 2. The summed E-state index contributed by atoms with van der Waals surface area (Å²) in [5.74, 6) is 0.00331. The van der Waals surface area contributed by atoms with E-state index in [2.05, 4.69) is 9.98 Å². The van der Waals surface area contributed by atoms with Crippen LogP contribution in [0.5, 0.6) is 5.88 Å². The van der Waals surface area contributed by atoms with E-state index in [0.29, 0.717) is 22.0 Å². The Morgan fingerprint density at radius 2 is 1.95 bits per heavy atom. The summed E-state index contributed by atoms with van der Waals surface area (Å²) in [5, 5.41) is 19.9. The van der Waals surface area contributed by atoms with Crippen molar-refractivity contribution in [2.24, 2.45) is 4.99 Å². The van der Waals surface area contributed by atoms with E-state index < -0.39 is 0 Å². The summed E-state index contributed by atoms with van der Waals surface area (Å²) in [6.45, 7) is 0. The van der Waals surface area contributed by atoms with Crippen LogP contribution in [0, 0.1) is 5.41 Å². The first kappa shape index (κ1) is 12.2. The molecule has 0 saturated heterocycles. The number of para-hydroxylation sites is 1. The van der Waals surface area contributed by atoms with Gasteiger partial charge in [-0.1, -0.05) is 35.9 Å². The maximum absolute atomic E-state index is 10.2. The molecule has 2 heterocycles. The summed E-state index contributed by atoms with van der Waals surface area (Å²) < 4.78 is 0. The lowest BCUT2D eigenvalue weighted by atomic mass is 10.0. The van der Waals surface area contributed by atoms with Crippen molar-refractivity contribution in [1.29, 1.82) is 5.41 Å². The molecule has 4 nitrogen and oxygen atoms in total. The lowest BCUT2D eigenvalue weighted by Gasteiger charge is -2.01. The molecule has 2 aromatic carbocycles. The van der Waals surface area contributed by atoms with Crippen molar-refractivity contribution in [2.75, 3.05) is 0 Å². The maximum Gasteiger partial charge on any atom is 0.199 e. The molecule has 0 amide bonds. The minimum Gasteiger partial charge on any atom is -0.494 e. The van der Waals surface area contributed by atoms with E-state index in [1.807, 2.05) is 30.3 Å². The fourth-order valence-electron chi connectivity index (χ4n) is 2.66. The van der Waals surface area contributed by atoms with Crippen molar-refractivity contribution in [1.82, 2.24) is 4.98 Å². The zero-order valence-electron chi connectivity index (χ0n) is 10.8. The first-order chi connectivity index (χ1) is 10.1. The topological polar surface area (TPSA) is 72.2 Å². The average molecular weight is 296 g/mol. The number of aromatic amines is 1. The van der Waals surface area contributed by atoms with Gasteiger partial charge in [-0.25, -0.2) is 4.99 Å². The van der Waals surface area contributed by atoms with Gasteiger partial charge in [0.1, 0.15) is 5.71 Å². The zero-order chi connectivity index (χ0) is 14.6. The molecule has 1 aliphatic heterocycles. The highest BCUT2D eigenvalue weighted by Gasteiger charge is 2.26. The van der Waals surface area contributed by atoms with Crippen molar-refractivity contribution in [3.63, 3.8) is 0 Å². The molecule has 4 rings (SSSR count). The van der Waals surface area contributed by atoms with Crippen LogP contribution < -0.4 is 0 Å². The molecule has 0 unspecified atom stereocenters. The van der Waals surface area contributed by atoms with Gasteiger partial charge in [0.05, 0.1) is 22.5 Å². The predicted octanol–water partition coefficient (Wildman–Crippen LogP) is 4.03. The van der Waals surface area contributed by atoms with Gasteiger partial charge < -0.3 is 10.1 Å². The van der Waals surface area contributed by atoms with Gasteiger partial charge in [-0.3, -0.25) is 5.41 Å². The Kier molecular flexibility index (Phi) is 2.43. The number of nitrogens with zero attached hydrogens (tertiary/aromatic N) is 1. The Morgan fingerprint density at radius 1 is 1.14 bits per heavy atom. The highest BCUT2D eigenvalue weighted by molar-refractivity contribution is 6.57. The van der Waals surface area contributed by atoms with Crippen LogP contribution in [0.4, 0.5) is 5.69 Å². The fraction of sp³-hybridized carbons (Fsp3) is 0. The van der Waals surface area contributed by atoms with E-state index in [1.165, 1.54) is 0 Å². The average Bonchev–Trinajstić information content (AvgIpc) is 2.95. The molecule has 0 aliphatic carbocycles. The molecule has 0 atom stereocenters. The van der Waals surface area contributed by atoms with Crippen LogP contribution in [0.1, 0.15) is 11.1 Å². The van der Waals surface area contributed by atoms with Crippen LogP contribution in [0.15, 0.2) is 47.5 Å². The van der Waals surface area contributed by atoms with E-state index in [1.54, 1.807) is 12.1 Å². The Hall–Kier alpha value is -2.59. The molecular weight excluding hydrogens is 286 g/mol. The number of fused-ring (bicyclic) bond motifs is 2. The largest absolute Gasteiger partial charge is 0.494 e. The zero-order valence-corrected chi connectivity index (χ0v) is 11.6. The molecule has 0 spiro atoms. The maximum atomic E-state index is 10.2. The fourth-order valence-corrected chi connectivity index (χ4v) is 2.83. The quantitative estimate of drug-likeness (QED) is 0.623. The minimum atomic E-state index is 0.00331. The van der Waals surface area contributed by atoms with E-state index in [9.17, 15) is 5.11 Å².